The quantitative estimate of drug-likeness (QED) is 0.0600. The summed E-state index contributed by atoms with van der Waals surface area (Å²) in [5.41, 5.74) is 9.85. The van der Waals surface area contributed by atoms with Gasteiger partial charge in [-0.1, -0.05) is 84.9 Å². The lowest BCUT2D eigenvalue weighted by atomic mass is 10.0. The van der Waals surface area contributed by atoms with Gasteiger partial charge in [0.05, 0.1) is 19.8 Å². The van der Waals surface area contributed by atoms with Crippen molar-refractivity contribution < 1.29 is 38.7 Å². The number of esters is 1. The first-order valence-electron chi connectivity index (χ1n) is 23.5. The Labute approximate surface area is 409 Å². The summed E-state index contributed by atoms with van der Waals surface area (Å²) in [6, 6.07) is 68.9. The van der Waals surface area contributed by atoms with Gasteiger partial charge >= 0.3 is 5.97 Å². The highest BCUT2D eigenvalue weighted by atomic mass is 16.5. The normalized spacial score (nSPS) is 11.4. The van der Waals surface area contributed by atoms with Crippen LogP contribution in [-0.2, 0) is 31.9 Å². The molecule has 1 unspecified atom stereocenters. The van der Waals surface area contributed by atoms with Crippen molar-refractivity contribution in [1.82, 2.24) is 0 Å². The number of nitrogens with zero attached hydrogens (tertiary/aromatic N) is 2. The van der Waals surface area contributed by atoms with Gasteiger partial charge in [-0.25, -0.2) is 0 Å². The van der Waals surface area contributed by atoms with Crippen LogP contribution in [0.5, 0.6) is 23.0 Å². The first-order chi connectivity index (χ1) is 34.3. The van der Waals surface area contributed by atoms with Crippen molar-refractivity contribution in [3.8, 4) is 34.1 Å². The Bertz CT molecular complexity index is 2860. The maximum absolute atomic E-state index is 12.7. The second kappa shape index (κ2) is 24.3. The van der Waals surface area contributed by atoms with Crippen molar-refractivity contribution in [1.29, 1.82) is 0 Å². The molecular formula is C60H56N2O8. The lowest BCUT2D eigenvalue weighted by Crippen LogP contribution is -2.22. The van der Waals surface area contributed by atoms with Crippen molar-refractivity contribution >= 4 is 45.9 Å². The van der Waals surface area contributed by atoms with Gasteiger partial charge < -0.3 is 39.0 Å². The second-order valence-corrected chi connectivity index (χ2v) is 16.6. The number of hydrogen-bond acceptors (Lipinski definition) is 10. The van der Waals surface area contributed by atoms with Gasteiger partial charge in [0.2, 0.25) is 0 Å². The van der Waals surface area contributed by atoms with E-state index in [2.05, 4.69) is 94.7 Å². The van der Waals surface area contributed by atoms with E-state index in [1.165, 1.54) is 0 Å². The zero-order chi connectivity index (χ0) is 48.5. The van der Waals surface area contributed by atoms with Gasteiger partial charge in [-0.2, -0.15) is 0 Å². The molecule has 0 fully saturated rings. The lowest BCUT2D eigenvalue weighted by molar-refractivity contribution is -0.144. The molecule has 0 aliphatic heterocycles. The molecule has 70 heavy (non-hydrogen) atoms. The minimum absolute atomic E-state index is 0.000438. The minimum Gasteiger partial charge on any atom is -0.463 e. The number of hydrogen-bond donors (Lipinski definition) is 2. The van der Waals surface area contributed by atoms with Crippen LogP contribution in [0.25, 0.3) is 11.1 Å². The van der Waals surface area contributed by atoms with Crippen LogP contribution in [0.3, 0.4) is 0 Å². The molecule has 354 valence electrons. The molecule has 0 aliphatic carbocycles. The van der Waals surface area contributed by atoms with E-state index in [0.29, 0.717) is 19.3 Å². The highest BCUT2D eigenvalue weighted by molar-refractivity contribution is 5.83. The summed E-state index contributed by atoms with van der Waals surface area (Å²) in [5.74, 6) is 2.64. The molecule has 8 rings (SSSR count). The molecule has 0 saturated heterocycles. The van der Waals surface area contributed by atoms with Crippen LogP contribution in [0, 0.1) is 0 Å². The van der Waals surface area contributed by atoms with Gasteiger partial charge in [-0.3, -0.25) is 9.59 Å². The fourth-order valence-electron chi connectivity index (χ4n) is 7.97. The van der Waals surface area contributed by atoms with Gasteiger partial charge in [-0.15, -0.1) is 0 Å². The summed E-state index contributed by atoms with van der Waals surface area (Å²) in [6.07, 6.45) is 1.12. The number of carbonyl (C=O) groups excluding carboxylic acids is 2. The van der Waals surface area contributed by atoms with Gasteiger partial charge in [0.25, 0.3) is 0 Å². The Morgan fingerprint density at radius 1 is 0.429 bits per heavy atom. The summed E-state index contributed by atoms with van der Waals surface area (Å²) < 4.78 is 22.7. The van der Waals surface area contributed by atoms with Crippen LogP contribution >= 0.6 is 0 Å². The van der Waals surface area contributed by atoms with Gasteiger partial charge in [0.15, 0.2) is 5.78 Å². The predicted octanol–water partition coefficient (Wildman–Crippen LogP) is 13.2. The number of ether oxygens (including phenoxy) is 4. The van der Waals surface area contributed by atoms with Crippen molar-refractivity contribution in [2.75, 3.05) is 36.2 Å². The highest BCUT2D eigenvalue weighted by Gasteiger charge is 2.18. The van der Waals surface area contributed by atoms with Crippen LogP contribution in [0.2, 0.25) is 0 Å². The summed E-state index contributed by atoms with van der Waals surface area (Å²) in [6.45, 7) is 1.55. The molecule has 8 aromatic carbocycles. The van der Waals surface area contributed by atoms with E-state index in [-0.39, 0.29) is 44.6 Å². The van der Waals surface area contributed by atoms with Gasteiger partial charge in [-0.05, 0) is 163 Å². The fourth-order valence-corrected chi connectivity index (χ4v) is 7.97. The maximum Gasteiger partial charge on any atom is 0.306 e. The molecule has 1 atom stereocenters. The van der Waals surface area contributed by atoms with Crippen LogP contribution in [0.4, 0.5) is 34.1 Å². The Morgan fingerprint density at radius 2 is 0.771 bits per heavy atom. The maximum atomic E-state index is 12.7. The molecule has 0 aromatic heterocycles. The van der Waals surface area contributed by atoms with E-state index in [0.717, 1.165) is 79.4 Å². The zero-order valence-electron chi connectivity index (χ0n) is 39.1. The molecule has 0 spiro atoms. The molecule has 2 N–H and O–H groups in total. The van der Waals surface area contributed by atoms with Crippen LogP contribution < -0.4 is 19.3 Å². The molecule has 0 amide bonds. The number of aliphatic hydroxyl groups excluding tert-OH is 2. The molecule has 10 heteroatoms. The van der Waals surface area contributed by atoms with E-state index < -0.39 is 6.10 Å². The molecule has 0 radical (unpaired) electrons. The first-order valence-corrected chi connectivity index (χ1v) is 23.5. The average molecular weight is 933 g/mol. The van der Waals surface area contributed by atoms with Crippen LogP contribution in [0.15, 0.2) is 206 Å². The fraction of sp³-hybridized carbons (Fsp3) is 0.167. The summed E-state index contributed by atoms with van der Waals surface area (Å²) >= 11 is 0. The Hall–Kier alpha value is -8.02. The zero-order valence-corrected chi connectivity index (χ0v) is 39.1. The SMILES string of the molecule is CC(OCCO)C(=O)CCc1ccc(N(c2ccc(Oc3ccccc3)cc2)c2ccc(-c3ccc(N(c4ccc(CCC(=O)OCCO)cc4)c4ccc(Oc5ccccc5)cc4)cc3)cc2)cc1. The van der Waals surface area contributed by atoms with E-state index >= 15 is 0 Å². The Balaban J connectivity index is 1.04. The summed E-state index contributed by atoms with van der Waals surface area (Å²) in [4.78, 5) is 29.2. The molecule has 0 bridgehead atoms. The third-order valence-electron chi connectivity index (χ3n) is 11.7. The predicted molar refractivity (Wildman–Crippen MR) is 276 cm³/mol. The average Bonchev–Trinajstić information content (AvgIpc) is 3.41. The van der Waals surface area contributed by atoms with Crippen molar-refractivity contribution in [2.24, 2.45) is 0 Å². The van der Waals surface area contributed by atoms with E-state index in [1.54, 1.807) is 6.92 Å². The topological polar surface area (TPSA) is 118 Å². The second-order valence-electron chi connectivity index (χ2n) is 16.6. The number of ketones is 1. The number of benzene rings is 8. The van der Waals surface area contributed by atoms with Crippen molar-refractivity contribution in [3.05, 3.63) is 217 Å². The Kier molecular flexibility index (Phi) is 16.8. The molecule has 0 saturated carbocycles. The lowest BCUT2D eigenvalue weighted by Gasteiger charge is -2.26. The van der Waals surface area contributed by atoms with Crippen LogP contribution in [-0.4, -0.2) is 54.5 Å². The number of aliphatic hydroxyl groups is 2. The summed E-state index contributed by atoms with van der Waals surface area (Å²) in [5, 5.41) is 18.1. The van der Waals surface area contributed by atoms with Gasteiger partial charge in [0.1, 0.15) is 35.7 Å². The van der Waals surface area contributed by atoms with E-state index in [9.17, 15) is 9.59 Å². The highest BCUT2D eigenvalue weighted by Crippen LogP contribution is 2.40. The monoisotopic (exact) mass is 932 g/mol. The largest absolute Gasteiger partial charge is 0.463 e. The number of para-hydroxylation sites is 2. The molecule has 0 aliphatic rings. The molecule has 10 nitrogen and oxygen atoms in total. The van der Waals surface area contributed by atoms with Crippen molar-refractivity contribution in [3.63, 3.8) is 0 Å². The third-order valence-corrected chi connectivity index (χ3v) is 11.7. The Morgan fingerprint density at radius 3 is 1.16 bits per heavy atom. The van der Waals surface area contributed by atoms with E-state index in [1.807, 2.05) is 121 Å². The minimum atomic E-state index is -0.559. The molecule has 8 aromatic rings. The first kappa shape index (κ1) is 48.4. The third kappa shape index (κ3) is 13.1. The number of Topliss-reactive ketones (excluding diaryl/α,β-unsaturated/α-hetero) is 1. The van der Waals surface area contributed by atoms with Crippen LogP contribution in [0.1, 0.15) is 30.9 Å². The van der Waals surface area contributed by atoms with Gasteiger partial charge in [0, 0.05) is 47.0 Å². The smallest absolute Gasteiger partial charge is 0.306 e. The number of carbonyl (C=O) groups is 2. The number of aryl methyl sites for hydroxylation is 2. The molecular weight excluding hydrogens is 877 g/mol. The number of rotatable bonds is 23. The van der Waals surface area contributed by atoms with Crippen molar-refractivity contribution in [2.45, 2.75) is 38.7 Å². The standard InChI is InChI=1S/C60H56N2O8/c1-44(67-42-40-63)59(65)38-16-45-12-22-49(23-13-45)61(53-30-34-57(35-31-53)69-55-8-4-2-5-9-55)51-26-18-47(19-27-51)48-20-28-52(29-21-48)62(50-24-14-46(15-25-50)17-39-60(66)68-43-41-64)54-32-36-58(37-33-54)70-56-10-6-3-7-11-56/h2-15,18-37,44,63-64H,16-17,38-43H2,1H3. The van der Waals surface area contributed by atoms with E-state index in [4.69, 9.17) is 29.2 Å². The number of anilines is 6. The molecule has 0 heterocycles. The summed E-state index contributed by atoms with van der Waals surface area (Å²) in [7, 11) is 0.